The minimum atomic E-state index is -1.02. The Morgan fingerprint density at radius 3 is 2.32 bits per heavy atom. The normalized spacial score (nSPS) is 14.8. The fraction of sp³-hybridized carbons (Fsp3) is 0.556. The third kappa shape index (κ3) is 9.01. The molecule has 2 atom stereocenters. The molecule has 1 aromatic rings. The highest BCUT2D eigenvalue weighted by atomic mass is 32.1. The molecule has 0 radical (unpaired) electrons. The Labute approximate surface area is 224 Å². The summed E-state index contributed by atoms with van der Waals surface area (Å²) >= 11 is 4.29. The van der Waals surface area contributed by atoms with E-state index in [1.807, 2.05) is 0 Å². The number of ether oxygens (including phenoxy) is 2. The Morgan fingerprint density at radius 1 is 1.19 bits per heavy atom. The lowest BCUT2D eigenvalue weighted by Crippen LogP contribution is -2.58. The van der Waals surface area contributed by atoms with E-state index in [4.69, 9.17) is 15.9 Å². The van der Waals surface area contributed by atoms with Crippen molar-refractivity contribution in [2.24, 2.45) is 0 Å². The molecule has 37 heavy (non-hydrogen) atoms. The number of rotatable bonds is 11. The summed E-state index contributed by atoms with van der Waals surface area (Å²) in [4.78, 5) is 53.1. The van der Waals surface area contributed by atoms with Crippen LogP contribution in [0.2, 0.25) is 0 Å². The number of benzene rings is 1. The van der Waals surface area contributed by atoms with Crippen LogP contribution in [-0.2, 0) is 23.9 Å². The number of hydrogen-bond donors (Lipinski definition) is 3. The lowest BCUT2D eigenvalue weighted by Gasteiger charge is -2.43. The predicted molar refractivity (Wildman–Crippen MR) is 143 cm³/mol. The second-order valence-corrected chi connectivity index (χ2v) is 10.1. The van der Waals surface area contributed by atoms with Crippen LogP contribution >= 0.6 is 12.6 Å². The van der Waals surface area contributed by atoms with Gasteiger partial charge in [-0.25, -0.2) is 4.79 Å². The summed E-state index contributed by atoms with van der Waals surface area (Å²) in [5.74, 6) is 1.22. The molecule has 1 aliphatic rings. The number of esters is 1. The molecule has 1 aliphatic carbocycles. The van der Waals surface area contributed by atoms with Gasteiger partial charge in [0.2, 0.25) is 11.8 Å². The first-order valence-corrected chi connectivity index (χ1v) is 13.1. The average Bonchev–Trinajstić information content (AvgIpc) is 2.80. The van der Waals surface area contributed by atoms with Gasteiger partial charge in [-0.3, -0.25) is 14.4 Å². The van der Waals surface area contributed by atoms with Crippen LogP contribution in [0.15, 0.2) is 24.3 Å². The van der Waals surface area contributed by atoms with Gasteiger partial charge in [0.05, 0.1) is 13.0 Å². The van der Waals surface area contributed by atoms with E-state index in [-0.39, 0.29) is 31.4 Å². The number of hydrogen-bond acceptors (Lipinski definition) is 7. The van der Waals surface area contributed by atoms with Crippen LogP contribution < -0.4 is 10.6 Å². The van der Waals surface area contributed by atoms with Gasteiger partial charge in [-0.2, -0.15) is 12.6 Å². The predicted octanol–water partition coefficient (Wildman–Crippen LogP) is 2.98. The minimum Gasteiger partial charge on any atom is -0.466 e. The molecule has 2 unspecified atom stereocenters. The van der Waals surface area contributed by atoms with Crippen molar-refractivity contribution in [1.82, 2.24) is 15.5 Å². The largest absolute Gasteiger partial charge is 0.466 e. The molecule has 1 fully saturated rings. The van der Waals surface area contributed by atoms with Gasteiger partial charge in [-0.05, 0) is 64.7 Å². The van der Waals surface area contributed by atoms with Gasteiger partial charge in [-0.1, -0.05) is 18.1 Å². The Morgan fingerprint density at radius 2 is 1.84 bits per heavy atom. The molecule has 3 amide bonds. The highest BCUT2D eigenvalue weighted by molar-refractivity contribution is 7.80. The average molecular weight is 532 g/mol. The summed E-state index contributed by atoms with van der Waals surface area (Å²) < 4.78 is 10.2. The Balaban J connectivity index is 2.37. The SMILES string of the molecule is C#Cc1ccc(C(C(=O)NCCC(=O)OCC)N(C(=O)C(CS)NC(=O)OC(C)(C)C)C2CCC2)cc1. The van der Waals surface area contributed by atoms with E-state index < -0.39 is 41.6 Å². The monoisotopic (exact) mass is 531 g/mol. The van der Waals surface area contributed by atoms with Gasteiger partial charge < -0.3 is 25.0 Å². The van der Waals surface area contributed by atoms with Crippen molar-refractivity contribution < 1.29 is 28.7 Å². The maximum Gasteiger partial charge on any atom is 0.408 e. The zero-order valence-corrected chi connectivity index (χ0v) is 22.8. The molecule has 0 aromatic heterocycles. The molecule has 2 rings (SSSR count). The standard InChI is InChI=1S/C27H37N3O6S/c1-6-18-11-13-19(14-12-18)23(24(32)28-16-15-22(31)35-7-2)30(20-9-8-10-20)25(33)21(17-37)29-26(34)36-27(3,4)5/h1,11-14,20-21,23,37H,7-10,15-17H2,2-5H3,(H,28,32)(H,29,34). The van der Waals surface area contributed by atoms with Crippen LogP contribution in [0, 0.1) is 12.3 Å². The summed E-state index contributed by atoms with van der Waals surface area (Å²) in [6.07, 6.45) is 7.08. The lowest BCUT2D eigenvalue weighted by molar-refractivity contribution is -0.147. The lowest BCUT2D eigenvalue weighted by atomic mass is 9.88. The van der Waals surface area contributed by atoms with Crippen molar-refractivity contribution in [2.45, 2.75) is 77.1 Å². The maximum atomic E-state index is 13.8. The zero-order chi connectivity index (χ0) is 27.6. The fourth-order valence-electron chi connectivity index (χ4n) is 3.82. The molecule has 0 spiro atoms. The first-order valence-electron chi connectivity index (χ1n) is 12.4. The molecule has 9 nitrogen and oxygen atoms in total. The first kappa shape index (κ1) is 30.0. The van der Waals surface area contributed by atoms with Crippen molar-refractivity contribution in [3.05, 3.63) is 35.4 Å². The number of carbonyl (C=O) groups excluding carboxylic acids is 4. The molecular weight excluding hydrogens is 494 g/mol. The molecule has 0 heterocycles. The van der Waals surface area contributed by atoms with Crippen molar-refractivity contribution in [3.63, 3.8) is 0 Å². The second-order valence-electron chi connectivity index (χ2n) is 9.73. The Hall–Kier alpha value is -3.19. The van der Waals surface area contributed by atoms with Crippen molar-refractivity contribution in [3.8, 4) is 12.3 Å². The van der Waals surface area contributed by atoms with Crippen LogP contribution in [0.5, 0.6) is 0 Å². The van der Waals surface area contributed by atoms with Crippen LogP contribution in [0.25, 0.3) is 0 Å². The zero-order valence-electron chi connectivity index (χ0n) is 21.9. The Bertz CT molecular complexity index is 995. The topological polar surface area (TPSA) is 114 Å². The van der Waals surface area contributed by atoms with Crippen molar-refractivity contribution in [2.75, 3.05) is 18.9 Å². The summed E-state index contributed by atoms with van der Waals surface area (Å²) in [5.41, 5.74) is 0.442. The molecule has 1 aromatic carbocycles. The van der Waals surface area contributed by atoms with E-state index in [1.54, 1.807) is 52.0 Å². The number of alkyl carbamates (subject to hydrolysis) is 1. The van der Waals surface area contributed by atoms with Crippen molar-refractivity contribution in [1.29, 1.82) is 0 Å². The van der Waals surface area contributed by atoms with Crippen LogP contribution in [0.4, 0.5) is 4.79 Å². The number of nitrogens with zero attached hydrogens (tertiary/aromatic N) is 1. The number of amides is 3. The molecule has 0 bridgehead atoms. The van der Waals surface area contributed by atoms with Crippen LogP contribution in [0.1, 0.15) is 70.5 Å². The van der Waals surface area contributed by atoms with Crippen LogP contribution in [0.3, 0.4) is 0 Å². The van der Waals surface area contributed by atoms with Gasteiger partial charge in [0.25, 0.3) is 0 Å². The molecule has 1 saturated carbocycles. The summed E-state index contributed by atoms with van der Waals surface area (Å²) in [6, 6.07) is 4.59. The number of thiol groups is 1. The highest BCUT2D eigenvalue weighted by Crippen LogP contribution is 2.34. The van der Waals surface area contributed by atoms with Gasteiger partial charge in [0, 0.05) is 23.9 Å². The van der Waals surface area contributed by atoms with E-state index in [0.717, 1.165) is 6.42 Å². The van der Waals surface area contributed by atoms with Gasteiger partial charge in [0.1, 0.15) is 17.7 Å². The fourth-order valence-corrected chi connectivity index (χ4v) is 4.06. The Kier molecular flexibility index (Phi) is 11.3. The van der Waals surface area contributed by atoms with Crippen LogP contribution in [-0.4, -0.2) is 65.4 Å². The van der Waals surface area contributed by atoms with E-state index >= 15 is 0 Å². The number of carbonyl (C=O) groups is 4. The highest BCUT2D eigenvalue weighted by Gasteiger charge is 2.41. The minimum absolute atomic E-state index is 0.000823. The first-order chi connectivity index (χ1) is 17.5. The third-order valence-electron chi connectivity index (χ3n) is 5.75. The van der Waals surface area contributed by atoms with E-state index in [9.17, 15) is 19.2 Å². The quantitative estimate of drug-likeness (QED) is 0.230. The summed E-state index contributed by atoms with van der Waals surface area (Å²) in [5, 5.41) is 5.36. The molecule has 0 aliphatic heterocycles. The van der Waals surface area contributed by atoms with E-state index in [2.05, 4.69) is 29.2 Å². The molecular formula is C27H37N3O6S. The second kappa shape index (κ2) is 13.9. The smallest absolute Gasteiger partial charge is 0.408 e. The maximum absolute atomic E-state index is 13.8. The summed E-state index contributed by atoms with van der Waals surface area (Å²) in [7, 11) is 0. The van der Waals surface area contributed by atoms with Gasteiger partial charge in [0.15, 0.2) is 0 Å². The summed E-state index contributed by atoms with van der Waals surface area (Å²) in [6.45, 7) is 7.17. The van der Waals surface area contributed by atoms with E-state index in [1.165, 1.54) is 4.90 Å². The molecule has 10 heteroatoms. The molecule has 202 valence electrons. The van der Waals surface area contributed by atoms with E-state index in [0.29, 0.717) is 24.0 Å². The molecule has 2 N–H and O–H groups in total. The number of nitrogens with one attached hydrogen (secondary N) is 2. The van der Waals surface area contributed by atoms with Gasteiger partial charge in [-0.15, -0.1) is 6.42 Å². The third-order valence-corrected chi connectivity index (χ3v) is 6.11. The van der Waals surface area contributed by atoms with Gasteiger partial charge >= 0.3 is 12.1 Å². The van der Waals surface area contributed by atoms with Crippen molar-refractivity contribution >= 4 is 36.5 Å². The number of terminal acetylenes is 1. The molecule has 0 saturated heterocycles.